The molecule has 0 bridgehead atoms. The summed E-state index contributed by atoms with van der Waals surface area (Å²) in [6.45, 7) is 0. The lowest BCUT2D eigenvalue weighted by Gasteiger charge is -2.33. The number of ether oxygens (including phenoxy) is 1. The largest absolute Gasteiger partial charge is 0.453 e. The molecule has 1 aliphatic rings. The molecule has 0 saturated carbocycles. The first-order chi connectivity index (χ1) is 20.3. The first kappa shape index (κ1) is 23.2. The monoisotopic (exact) mass is 528 g/mol. The van der Waals surface area contributed by atoms with E-state index in [0.717, 1.165) is 67.5 Å². The van der Waals surface area contributed by atoms with Crippen molar-refractivity contribution >= 4 is 28.1 Å². The van der Waals surface area contributed by atoms with Gasteiger partial charge in [0.2, 0.25) is 0 Å². The molecule has 7 aromatic rings. The summed E-state index contributed by atoms with van der Waals surface area (Å²) in [6.07, 6.45) is 0. The topological polar surface area (TPSA) is 43.2 Å². The second-order valence-electron chi connectivity index (χ2n) is 10.0. The molecular formula is C36H24N4O. The van der Waals surface area contributed by atoms with Gasteiger partial charge in [-0.25, -0.2) is 0 Å². The number of rotatable bonds is 4. The molecule has 41 heavy (non-hydrogen) atoms. The Hall–Kier alpha value is -5.68. The third-order valence-electron chi connectivity index (χ3n) is 7.46. The zero-order chi connectivity index (χ0) is 27.2. The normalized spacial score (nSPS) is 12.0. The lowest BCUT2D eigenvalue weighted by atomic mass is 10.0. The molecule has 0 N–H and O–H groups in total. The van der Waals surface area contributed by atoms with E-state index in [1.54, 1.807) is 4.80 Å². The maximum absolute atomic E-state index is 6.61. The van der Waals surface area contributed by atoms with Crippen LogP contribution in [0.4, 0.5) is 17.1 Å². The van der Waals surface area contributed by atoms with Gasteiger partial charge in [-0.3, -0.25) is 0 Å². The fraction of sp³-hybridized carbons (Fsp3) is 0. The SMILES string of the molecule is c1ccc(-c2ccc3c(c2)Oc2cc(-c4ccccc4)ccc2N3c2ccc(-n3nc4ccccc4n3)cc2)cc1. The summed E-state index contributed by atoms with van der Waals surface area (Å²) in [5.41, 5.74) is 10.2. The van der Waals surface area contributed by atoms with Crippen molar-refractivity contribution < 1.29 is 4.74 Å². The number of hydrogen-bond donors (Lipinski definition) is 0. The third-order valence-corrected chi connectivity index (χ3v) is 7.46. The molecule has 0 atom stereocenters. The summed E-state index contributed by atoms with van der Waals surface area (Å²) in [5, 5.41) is 9.29. The van der Waals surface area contributed by atoms with Crippen molar-refractivity contribution in [3.63, 3.8) is 0 Å². The third kappa shape index (κ3) is 4.12. The number of fused-ring (bicyclic) bond motifs is 3. The average molecular weight is 529 g/mol. The van der Waals surface area contributed by atoms with Crippen molar-refractivity contribution in [2.24, 2.45) is 0 Å². The van der Waals surface area contributed by atoms with Gasteiger partial charge in [-0.05, 0) is 82.9 Å². The van der Waals surface area contributed by atoms with E-state index in [-0.39, 0.29) is 0 Å². The van der Waals surface area contributed by atoms with Gasteiger partial charge in [-0.15, -0.1) is 10.2 Å². The van der Waals surface area contributed by atoms with E-state index in [4.69, 9.17) is 4.74 Å². The Morgan fingerprint density at radius 2 is 0.878 bits per heavy atom. The summed E-state index contributed by atoms with van der Waals surface area (Å²) in [7, 11) is 0. The highest BCUT2D eigenvalue weighted by Gasteiger charge is 2.27. The first-order valence-corrected chi connectivity index (χ1v) is 13.6. The van der Waals surface area contributed by atoms with Crippen molar-refractivity contribution in [1.82, 2.24) is 15.0 Å². The number of nitrogens with zero attached hydrogens (tertiary/aromatic N) is 4. The van der Waals surface area contributed by atoms with E-state index < -0.39 is 0 Å². The first-order valence-electron chi connectivity index (χ1n) is 13.6. The second-order valence-corrected chi connectivity index (χ2v) is 10.0. The molecule has 5 heteroatoms. The van der Waals surface area contributed by atoms with Crippen LogP contribution in [0.5, 0.6) is 11.5 Å². The van der Waals surface area contributed by atoms with Crippen molar-refractivity contribution in [1.29, 1.82) is 0 Å². The van der Waals surface area contributed by atoms with Crippen LogP contribution >= 0.6 is 0 Å². The minimum absolute atomic E-state index is 0.813. The van der Waals surface area contributed by atoms with Crippen LogP contribution in [0.3, 0.4) is 0 Å². The lowest BCUT2D eigenvalue weighted by molar-refractivity contribution is 0.477. The summed E-state index contributed by atoms with van der Waals surface area (Å²) in [5.74, 6) is 1.63. The summed E-state index contributed by atoms with van der Waals surface area (Å²) < 4.78 is 6.61. The highest BCUT2D eigenvalue weighted by Crippen LogP contribution is 2.52. The van der Waals surface area contributed by atoms with Gasteiger partial charge in [0, 0.05) is 5.69 Å². The van der Waals surface area contributed by atoms with Crippen molar-refractivity contribution in [2.75, 3.05) is 4.90 Å². The van der Waals surface area contributed by atoms with Gasteiger partial charge in [0.15, 0.2) is 11.5 Å². The highest BCUT2D eigenvalue weighted by molar-refractivity contribution is 5.89. The van der Waals surface area contributed by atoms with Gasteiger partial charge in [0.1, 0.15) is 11.0 Å². The predicted octanol–water partition coefficient (Wildman–Crippen LogP) is 9.33. The minimum Gasteiger partial charge on any atom is -0.453 e. The average Bonchev–Trinajstić information content (AvgIpc) is 3.49. The van der Waals surface area contributed by atoms with Gasteiger partial charge in [-0.2, -0.15) is 4.80 Å². The standard InChI is InChI=1S/C36H24N4O/c1-3-9-25(10-4-1)27-15-21-33-35(23-27)41-36-24-28(26-11-5-2-6-12-26)16-22-34(36)39(33)29-17-19-30(20-18-29)40-37-31-13-7-8-14-32(31)38-40/h1-24H. The summed E-state index contributed by atoms with van der Waals surface area (Å²) in [4.78, 5) is 3.95. The van der Waals surface area contributed by atoms with Crippen LogP contribution in [0, 0.1) is 0 Å². The van der Waals surface area contributed by atoms with Gasteiger partial charge in [0.25, 0.3) is 0 Å². The molecule has 0 radical (unpaired) electrons. The van der Waals surface area contributed by atoms with Crippen LogP contribution < -0.4 is 9.64 Å². The molecule has 1 aliphatic heterocycles. The molecule has 0 fully saturated rings. The fourth-order valence-electron chi connectivity index (χ4n) is 5.42. The fourth-order valence-corrected chi connectivity index (χ4v) is 5.42. The number of hydrogen-bond acceptors (Lipinski definition) is 4. The summed E-state index contributed by atoms with van der Waals surface area (Å²) >= 11 is 0. The smallest absolute Gasteiger partial charge is 0.152 e. The Morgan fingerprint density at radius 3 is 1.39 bits per heavy atom. The van der Waals surface area contributed by atoms with Crippen molar-refractivity contribution in [3.05, 3.63) is 146 Å². The van der Waals surface area contributed by atoms with E-state index in [1.807, 2.05) is 36.4 Å². The molecule has 8 rings (SSSR count). The Balaban J connectivity index is 1.24. The van der Waals surface area contributed by atoms with Gasteiger partial charge in [0.05, 0.1) is 17.1 Å². The molecule has 194 valence electrons. The molecular weight excluding hydrogens is 504 g/mol. The van der Waals surface area contributed by atoms with Crippen molar-refractivity contribution in [2.45, 2.75) is 0 Å². The highest BCUT2D eigenvalue weighted by atomic mass is 16.5. The minimum atomic E-state index is 0.813. The maximum Gasteiger partial charge on any atom is 0.152 e. The Kier molecular flexibility index (Phi) is 5.38. The van der Waals surface area contributed by atoms with Crippen LogP contribution in [-0.4, -0.2) is 15.0 Å². The molecule has 0 amide bonds. The predicted molar refractivity (Wildman–Crippen MR) is 164 cm³/mol. The van der Waals surface area contributed by atoms with Crippen LogP contribution in [0.1, 0.15) is 0 Å². The van der Waals surface area contributed by atoms with Gasteiger partial charge >= 0.3 is 0 Å². The molecule has 6 aromatic carbocycles. The zero-order valence-corrected chi connectivity index (χ0v) is 22.1. The molecule has 5 nitrogen and oxygen atoms in total. The number of anilines is 3. The van der Waals surface area contributed by atoms with Gasteiger partial charge < -0.3 is 9.64 Å². The Morgan fingerprint density at radius 1 is 0.415 bits per heavy atom. The summed E-state index contributed by atoms with van der Waals surface area (Å²) in [6, 6.07) is 49.9. The lowest BCUT2D eigenvalue weighted by Crippen LogP contribution is -2.16. The number of aromatic nitrogens is 3. The molecule has 0 aliphatic carbocycles. The van der Waals surface area contributed by atoms with Crippen LogP contribution in [0.2, 0.25) is 0 Å². The van der Waals surface area contributed by atoms with Gasteiger partial charge in [-0.1, -0.05) is 84.9 Å². The Labute approximate surface area is 237 Å². The van der Waals surface area contributed by atoms with E-state index in [2.05, 4.69) is 124 Å². The van der Waals surface area contributed by atoms with Crippen LogP contribution in [0.15, 0.2) is 146 Å². The molecule has 1 aromatic heterocycles. The molecule has 0 saturated heterocycles. The van der Waals surface area contributed by atoms with E-state index in [1.165, 1.54) is 0 Å². The zero-order valence-electron chi connectivity index (χ0n) is 22.1. The molecule has 0 unspecified atom stereocenters. The van der Waals surface area contributed by atoms with E-state index in [0.29, 0.717) is 0 Å². The number of benzene rings is 6. The Bertz CT molecular complexity index is 1890. The van der Waals surface area contributed by atoms with E-state index >= 15 is 0 Å². The maximum atomic E-state index is 6.61. The van der Waals surface area contributed by atoms with Crippen LogP contribution in [-0.2, 0) is 0 Å². The molecule has 2 heterocycles. The van der Waals surface area contributed by atoms with Crippen molar-refractivity contribution in [3.8, 4) is 39.4 Å². The van der Waals surface area contributed by atoms with E-state index in [9.17, 15) is 0 Å². The molecule has 0 spiro atoms. The van der Waals surface area contributed by atoms with Crippen LogP contribution in [0.25, 0.3) is 39.0 Å². The quantitative estimate of drug-likeness (QED) is 0.228. The second kappa shape index (κ2) is 9.50.